The minimum atomic E-state index is -0.941. The van der Waals surface area contributed by atoms with Gasteiger partial charge >= 0.3 is 11.3 Å². The number of benzene rings is 2. The number of aromatic hydroxyl groups is 4. The van der Waals surface area contributed by atoms with Crippen molar-refractivity contribution in [2.75, 3.05) is 0 Å². The highest BCUT2D eigenvalue weighted by Gasteiger charge is 2.24. The summed E-state index contributed by atoms with van der Waals surface area (Å²) in [7, 11) is 0. The van der Waals surface area contributed by atoms with Crippen LogP contribution in [0, 0.1) is 0 Å². The van der Waals surface area contributed by atoms with Crippen LogP contribution in [0.1, 0.15) is 0 Å². The van der Waals surface area contributed by atoms with Crippen LogP contribution in [0.25, 0.3) is 32.7 Å². The average Bonchev–Trinajstić information content (AvgIpc) is 2.47. The van der Waals surface area contributed by atoms with Crippen molar-refractivity contribution in [2.45, 2.75) is 0 Å². The van der Waals surface area contributed by atoms with Gasteiger partial charge in [-0.25, -0.2) is 9.59 Å². The van der Waals surface area contributed by atoms with Gasteiger partial charge in [0.25, 0.3) is 0 Å². The molecule has 0 fully saturated rings. The second kappa shape index (κ2) is 4.27. The maximum absolute atomic E-state index is 12.0. The first-order valence-electron chi connectivity index (χ1n) is 6.02. The largest absolute Gasteiger partial charge is 0.504 e. The summed E-state index contributed by atoms with van der Waals surface area (Å²) in [5, 5.41) is 38.7. The van der Waals surface area contributed by atoms with E-state index in [0.717, 1.165) is 12.1 Å². The maximum atomic E-state index is 12.0. The van der Waals surface area contributed by atoms with Gasteiger partial charge in [-0.2, -0.15) is 0 Å². The van der Waals surface area contributed by atoms with Gasteiger partial charge in [-0.05, 0) is 12.1 Å². The normalized spacial score (nSPS) is 11.3. The van der Waals surface area contributed by atoms with Crippen LogP contribution in [0.5, 0.6) is 23.0 Å². The average molecular weight is 320 g/mol. The van der Waals surface area contributed by atoms with Gasteiger partial charge in [0, 0.05) is 10.8 Å². The molecule has 2 aromatic carbocycles. The molecule has 9 nitrogen and oxygen atoms in total. The molecule has 4 rings (SSSR count). The van der Waals surface area contributed by atoms with Crippen LogP contribution in [0.3, 0.4) is 0 Å². The molecule has 2 aromatic heterocycles. The van der Waals surface area contributed by atoms with Gasteiger partial charge < -0.3 is 34.7 Å². The fourth-order valence-corrected chi connectivity index (χ4v) is 2.58. The maximum Gasteiger partial charge on any atom is 0.344 e. The summed E-state index contributed by atoms with van der Waals surface area (Å²) in [5.74, 6) is -2.75. The lowest BCUT2D eigenvalue weighted by atomic mass is 10.0. The molecule has 0 saturated heterocycles. The van der Waals surface area contributed by atoms with E-state index >= 15 is 0 Å². The molecular weight excluding hydrogens is 312 g/mol. The molecule has 0 aliphatic heterocycles. The van der Waals surface area contributed by atoms with Crippen LogP contribution < -0.4 is 11.3 Å². The van der Waals surface area contributed by atoms with Gasteiger partial charge in [-0.15, -0.1) is 0 Å². The third-order valence-corrected chi connectivity index (χ3v) is 3.55. The SMILES string of the molecule is O.O=c1oc2c(O)c(O)cc3c(=O)oc4c(O)c(O)cc1c4c23. The molecule has 0 atom stereocenters. The van der Waals surface area contributed by atoms with Crippen LogP contribution in [0.2, 0.25) is 0 Å². The predicted octanol–water partition coefficient (Wildman–Crippen LogP) is 0.488. The molecule has 6 N–H and O–H groups in total. The van der Waals surface area contributed by atoms with Crippen molar-refractivity contribution in [3.05, 3.63) is 33.0 Å². The summed E-state index contributed by atoms with van der Waals surface area (Å²) in [6.07, 6.45) is 0. The molecule has 4 aromatic rings. The fraction of sp³-hybridized carbons (Fsp3) is 0. The second-order valence-corrected chi connectivity index (χ2v) is 4.77. The van der Waals surface area contributed by atoms with Crippen LogP contribution in [0.15, 0.2) is 30.6 Å². The van der Waals surface area contributed by atoms with Crippen molar-refractivity contribution in [2.24, 2.45) is 0 Å². The summed E-state index contributed by atoms with van der Waals surface area (Å²) < 4.78 is 9.87. The Bertz CT molecular complexity index is 1100. The monoisotopic (exact) mass is 320 g/mol. The van der Waals surface area contributed by atoms with Crippen molar-refractivity contribution in [3.8, 4) is 23.0 Å². The van der Waals surface area contributed by atoms with E-state index in [1.54, 1.807) is 0 Å². The van der Waals surface area contributed by atoms with Gasteiger partial charge in [-0.1, -0.05) is 0 Å². The third kappa shape index (κ3) is 1.59. The van der Waals surface area contributed by atoms with Gasteiger partial charge in [0.15, 0.2) is 22.7 Å². The molecule has 23 heavy (non-hydrogen) atoms. The predicted molar refractivity (Wildman–Crippen MR) is 77.5 cm³/mol. The highest BCUT2D eigenvalue weighted by atomic mass is 16.4. The zero-order valence-electron chi connectivity index (χ0n) is 11.1. The second-order valence-electron chi connectivity index (χ2n) is 4.77. The Morgan fingerprint density at radius 1 is 0.696 bits per heavy atom. The van der Waals surface area contributed by atoms with E-state index in [-0.39, 0.29) is 27.0 Å². The quantitative estimate of drug-likeness (QED) is 0.206. The fourth-order valence-electron chi connectivity index (χ4n) is 2.58. The zero-order chi connectivity index (χ0) is 15.8. The van der Waals surface area contributed by atoms with E-state index in [4.69, 9.17) is 8.83 Å². The zero-order valence-corrected chi connectivity index (χ0v) is 11.1. The molecule has 0 aliphatic carbocycles. The van der Waals surface area contributed by atoms with E-state index in [2.05, 4.69) is 0 Å². The van der Waals surface area contributed by atoms with Crippen LogP contribution in [0.4, 0.5) is 0 Å². The van der Waals surface area contributed by atoms with E-state index in [0.29, 0.717) is 0 Å². The van der Waals surface area contributed by atoms with Crippen molar-refractivity contribution in [1.29, 1.82) is 0 Å². The first-order valence-corrected chi connectivity index (χ1v) is 6.02. The summed E-state index contributed by atoms with van der Waals surface area (Å²) in [4.78, 5) is 24.0. The number of phenolic OH excluding ortho intramolecular Hbond substituents is 4. The van der Waals surface area contributed by atoms with Gasteiger partial charge in [-0.3, -0.25) is 0 Å². The highest BCUT2D eigenvalue weighted by Crippen LogP contribution is 2.44. The van der Waals surface area contributed by atoms with E-state index < -0.39 is 45.4 Å². The smallest absolute Gasteiger partial charge is 0.344 e. The molecule has 0 spiro atoms. The Morgan fingerprint density at radius 2 is 1.04 bits per heavy atom. The molecule has 0 bridgehead atoms. The topological polar surface area (TPSA) is 173 Å². The summed E-state index contributed by atoms with van der Waals surface area (Å²) >= 11 is 0. The molecule has 0 unspecified atom stereocenters. The summed E-state index contributed by atoms with van der Waals surface area (Å²) in [6, 6.07) is 1.93. The number of phenols is 4. The number of hydrogen-bond acceptors (Lipinski definition) is 8. The molecule has 0 saturated carbocycles. The van der Waals surface area contributed by atoms with Crippen LogP contribution >= 0.6 is 0 Å². The van der Waals surface area contributed by atoms with E-state index in [1.165, 1.54) is 0 Å². The Labute approximate surface area is 124 Å². The number of hydrogen-bond donors (Lipinski definition) is 4. The molecule has 0 aliphatic rings. The van der Waals surface area contributed by atoms with Crippen LogP contribution in [-0.4, -0.2) is 25.9 Å². The molecule has 2 heterocycles. The van der Waals surface area contributed by atoms with Gasteiger partial charge in [0.05, 0.1) is 10.8 Å². The van der Waals surface area contributed by atoms with Crippen molar-refractivity contribution in [3.63, 3.8) is 0 Å². The first-order chi connectivity index (χ1) is 10.4. The Balaban J connectivity index is 0.00000156. The lowest BCUT2D eigenvalue weighted by Gasteiger charge is -2.10. The molecule has 118 valence electrons. The molecule has 0 amide bonds. The van der Waals surface area contributed by atoms with Crippen molar-refractivity contribution < 1.29 is 34.7 Å². The highest BCUT2D eigenvalue weighted by molar-refractivity contribution is 6.22. The van der Waals surface area contributed by atoms with Crippen LogP contribution in [-0.2, 0) is 0 Å². The Hall–Kier alpha value is -3.46. The summed E-state index contributed by atoms with van der Waals surface area (Å²) in [6.45, 7) is 0. The minimum absolute atomic E-state index is 0. The van der Waals surface area contributed by atoms with Crippen molar-refractivity contribution >= 4 is 32.7 Å². The summed E-state index contributed by atoms with van der Waals surface area (Å²) in [5.41, 5.74) is -2.70. The lowest BCUT2D eigenvalue weighted by Crippen LogP contribution is -2.06. The van der Waals surface area contributed by atoms with Gasteiger partial charge in [0.1, 0.15) is 0 Å². The number of rotatable bonds is 0. The lowest BCUT2D eigenvalue weighted by molar-refractivity contribution is 0.395. The first kappa shape index (κ1) is 14.5. The third-order valence-electron chi connectivity index (χ3n) is 3.55. The van der Waals surface area contributed by atoms with E-state index in [1.807, 2.05) is 0 Å². The Morgan fingerprint density at radius 3 is 1.39 bits per heavy atom. The molecular formula is C14H8O9. The standard InChI is InChI=1S/C14H6O8.H2O/c15-5-1-3-7-8-4(14(20)22-11(7)9(5)17)2-6(16)10(18)12(8)21-13(3)19;/h1-2,15-18H;1H2. The molecule has 0 radical (unpaired) electrons. The Kier molecular flexibility index (Phi) is 2.69. The van der Waals surface area contributed by atoms with E-state index in [9.17, 15) is 30.0 Å². The van der Waals surface area contributed by atoms with Crippen molar-refractivity contribution in [1.82, 2.24) is 0 Å². The van der Waals surface area contributed by atoms with Gasteiger partial charge in [0.2, 0.25) is 11.5 Å². The molecule has 9 heteroatoms. The minimum Gasteiger partial charge on any atom is -0.504 e.